The van der Waals surface area contributed by atoms with Crippen molar-refractivity contribution in [3.05, 3.63) is 47.3 Å². The van der Waals surface area contributed by atoms with Crippen molar-refractivity contribution in [3.8, 4) is 0 Å². The lowest BCUT2D eigenvalue weighted by molar-refractivity contribution is 0.129. The number of amides is 2. The summed E-state index contributed by atoms with van der Waals surface area (Å²) in [6.07, 6.45) is 1.16. The van der Waals surface area contributed by atoms with Crippen molar-refractivity contribution in [2.75, 3.05) is 0 Å². The minimum Gasteiger partial charge on any atom is -0.467 e. The van der Waals surface area contributed by atoms with Gasteiger partial charge in [-0.15, -0.1) is 0 Å². The second-order valence-electron chi connectivity index (χ2n) is 5.43. The van der Waals surface area contributed by atoms with Gasteiger partial charge >= 0.3 is 6.03 Å². The van der Waals surface area contributed by atoms with Crippen LogP contribution in [-0.4, -0.2) is 17.2 Å². The Morgan fingerprint density at radius 2 is 2.18 bits per heavy atom. The summed E-state index contributed by atoms with van der Waals surface area (Å²) in [6.45, 7) is 5.97. The highest BCUT2D eigenvalue weighted by molar-refractivity contribution is 5.74. The number of hydrogen-bond donors (Lipinski definition) is 3. The van der Waals surface area contributed by atoms with Crippen LogP contribution >= 0.6 is 0 Å². The van der Waals surface area contributed by atoms with E-state index in [-0.39, 0.29) is 12.1 Å². The zero-order valence-electron chi connectivity index (χ0n) is 13.1. The smallest absolute Gasteiger partial charge is 0.315 e. The van der Waals surface area contributed by atoms with Gasteiger partial charge in [-0.2, -0.15) is 0 Å². The second kappa shape index (κ2) is 7.17. The SMILES string of the molecule is Cc1cc(CNC(=O)NC(C)CC(O)c2ccco2)c(C)o1. The minimum atomic E-state index is -0.732. The lowest BCUT2D eigenvalue weighted by Crippen LogP contribution is -2.41. The average molecular weight is 306 g/mol. The van der Waals surface area contributed by atoms with Crippen molar-refractivity contribution in [3.63, 3.8) is 0 Å². The Labute approximate surface area is 129 Å². The van der Waals surface area contributed by atoms with Gasteiger partial charge in [-0.1, -0.05) is 0 Å². The Kier molecular flexibility index (Phi) is 5.27. The lowest BCUT2D eigenvalue weighted by atomic mass is 10.1. The molecule has 2 unspecified atom stereocenters. The zero-order chi connectivity index (χ0) is 16.1. The van der Waals surface area contributed by atoms with Crippen LogP contribution in [0.4, 0.5) is 4.79 Å². The number of urea groups is 1. The van der Waals surface area contributed by atoms with E-state index >= 15 is 0 Å². The van der Waals surface area contributed by atoms with E-state index in [0.29, 0.717) is 18.7 Å². The van der Waals surface area contributed by atoms with Crippen molar-refractivity contribution < 1.29 is 18.7 Å². The molecule has 0 aliphatic carbocycles. The number of rotatable bonds is 6. The molecule has 0 aromatic carbocycles. The molecule has 2 aromatic rings. The summed E-state index contributed by atoms with van der Waals surface area (Å²) in [7, 11) is 0. The van der Waals surface area contributed by atoms with Crippen molar-refractivity contribution >= 4 is 6.03 Å². The molecule has 2 amide bonds. The number of aryl methyl sites for hydroxylation is 2. The first-order chi connectivity index (χ1) is 10.5. The minimum absolute atomic E-state index is 0.188. The van der Waals surface area contributed by atoms with Gasteiger partial charge in [0.2, 0.25) is 0 Å². The zero-order valence-corrected chi connectivity index (χ0v) is 13.1. The number of furan rings is 2. The van der Waals surface area contributed by atoms with E-state index in [1.165, 1.54) is 6.26 Å². The highest BCUT2D eigenvalue weighted by atomic mass is 16.4. The van der Waals surface area contributed by atoms with E-state index in [9.17, 15) is 9.90 Å². The first-order valence-electron chi connectivity index (χ1n) is 7.27. The van der Waals surface area contributed by atoms with Gasteiger partial charge in [0.15, 0.2) is 0 Å². The topological polar surface area (TPSA) is 87.6 Å². The van der Waals surface area contributed by atoms with Crippen molar-refractivity contribution in [1.82, 2.24) is 10.6 Å². The monoisotopic (exact) mass is 306 g/mol. The summed E-state index contributed by atoms with van der Waals surface area (Å²) < 4.78 is 10.5. The molecule has 0 saturated heterocycles. The maximum Gasteiger partial charge on any atom is 0.315 e. The van der Waals surface area contributed by atoms with Crippen molar-refractivity contribution in [1.29, 1.82) is 0 Å². The number of carbonyl (C=O) groups excluding carboxylic acids is 1. The summed E-state index contributed by atoms with van der Waals surface area (Å²) in [5.41, 5.74) is 0.955. The quantitative estimate of drug-likeness (QED) is 0.766. The molecular weight excluding hydrogens is 284 g/mol. The van der Waals surface area contributed by atoms with Crippen molar-refractivity contribution in [2.45, 2.75) is 45.9 Å². The Bertz CT molecular complexity index is 604. The standard InChI is InChI=1S/C16H22N2O4/c1-10(7-14(19)15-5-4-6-21-15)18-16(20)17-9-13-8-11(2)22-12(13)3/h4-6,8,10,14,19H,7,9H2,1-3H3,(H2,17,18,20). The molecule has 0 fully saturated rings. The lowest BCUT2D eigenvalue weighted by Gasteiger charge is -2.17. The average Bonchev–Trinajstić information content (AvgIpc) is 3.06. The van der Waals surface area contributed by atoms with Crippen LogP contribution < -0.4 is 10.6 Å². The molecule has 120 valence electrons. The fourth-order valence-corrected chi connectivity index (χ4v) is 2.30. The molecule has 0 radical (unpaired) electrons. The molecule has 0 aliphatic heterocycles. The van der Waals surface area contributed by atoms with E-state index in [1.807, 2.05) is 26.8 Å². The molecule has 6 nitrogen and oxygen atoms in total. The Balaban J connectivity index is 1.75. The molecule has 0 saturated carbocycles. The Morgan fingerprint density at radius 1 is 1.41 bits per heavy atom. The summed E-state index contributed by atoms with van der Waals surface area (Å²) in [5, 5.41) is 15.5. The molecule has 2 rings (SSSR count). The fourth-order valence-electron chi connectivity index (χ4n) is 2.30. The maximum atomic E-state index is 11.9. The number of aliphatic hydroxyl groups excluding tert-OH is 1. The summed E-state index contributed by atoms with van der Waals surface area (Å²) in [6, 6.07) is 4.87. The van der Waals surface area contributed by atoms with Gasteiger partial charge in [-0.3, -0.25) is 0 Å². The molecule has 3 N–H and O–H groups in total. The normalized spacial score (nSPS) is 13.6. The summed E-state index contributed by atoms with van der Waals surface area (Å²) in [5.74, 6) is 2.13. The van der Waals surface area contributed by atoms with Gasteiger partial charge in [-0.25, -0.2) is 4.79 Å². The van der Waals surface area contributed by atoms with Crippen LogP contribution in [0.5, 0.6) is 0 Å². The third-order valence-electron chi connectivity index (χ3n) is 3.41. The molecule has 0 bridgehead atoms. The van der Waals surface area contributed by atoms with Crippen LogP contribution in [0.1, 0.15) is 42.3 Å². The van der Waals surface area contributed by atoms with Crippen LogP contribution in [0.2, 0.25) is 0 Å². The predicted octanol–water partition coefficient (Wildman–Crippen LogP) is 2.80. The fraction of sp³-hybridized carbons (Fsp3) is 0.438. The molecule has 2 heterocycles. The predicted molar refractivity (Wildman–Crippen MR) is 81.3 cm³/mol. The third-order valence-corrected chi connectivity index (χ3v) is 3.41. The van der Waals surface area contributed by atoms with Crippen molar-refractivity contribution in [2.24, 2.45) is 0 Å². The van der Waals surface area contributed by atoms with E-state index in [1.54, 1.807) is 12.1 Å². The maximum absolute atomic E-state index is 11.9. The number of carbonyl (C=O) groups is 1. The first kappa shape index (κ1) is 16.2. The Hall–Kier alpha value is -2.21. The van der Waals surface area contributed by atoms with Gasteiger partial charge in [0.1, 0.15) is 23.4 Å². The third kappa shape index (κ3) is 4.39. The van der Waals surface area contributed by atoms with Gasteiger partial charge in [-0.05, 0) is 39.0 Å². The molecular formula is C16H22N2O4. The first-order valence-corrected chi connectivity index (χ1v) is 7.27. The highest BCUT2D eigenvalue weighted by Gasteiger charge is 2.16. The van der Waals surface area contributed by atoms with Gasteiger partial charge < -0.3 is 24.6 Å². The summed E-state index contributed by atoms with van der Waals surface area (Å²) >= 11 is 0. The largest absolute Gasteiger partial charge is 0.467 e. The second-order valence-corrected chi connectivity index (χ2v) is 5.43. The molecule has 2 atom stereocenters. The molecule has 0 spiro atoms. The molecule has 6 heteroatoms. The van der Waals surface area contributed by atoms with Crippen LogP contribution in [0.3, 0.4) is 0 Å². The van der Waals surface area contributed by atoms with E-state index in [0.717, 1.165) is 17.1 Å². The van der Waals surface area contributed by atoms with Gasteiger partial charge in [0.05, 0.1) is 6.26 Å². The van der Waals surface area contributed by atoms with Gasteiger partial charge in [0, 0.05) is 24.6 Å². The van der Waals surface area contributed by atoms with E-state index in [4.69, 9.17) is 8.83 Å². The number of nitrogens with one attached hydrogen (secondary N) is 2. The summed E-state index contributed by atoms with van der Waals surface area (Å²) in [4.78, 5) is 11.9. The number of hydrogen-bond acceptors (Lipinski definition) is 4. The molecule has 22 heavy (non-hydrogen) atoms. The molecule has 2 aromatic heterocycles. The molecule has 0 aliphatic rings. The van der Waals surface area contributed by atoms with Crippen LogP contribution in [0.15, 0.2) is 33.3 Å². The van der Waals surface area contributed by atoms with Crippen LogP contribution in [0, 0.1) is 13.8 Å². The Morgan fingerprint density at radius 3 is 2.77 bits per heavy atom. The van der Waals surface area contributed by atoms with Crippen LogP contribution in [-0.2, 0) is 6.54 Å². The van der Waals surface area contributed by atoms with E-state index < -0.39 is 6.10 Å². The van der Waals surface area contributed by atoms with E-state index in [2.05, 4.69) is 10.6 Å². The van der Waals surface area contributed by atoms with Gasteiger partial charge in [0.25, 0.3) is 0 Å². The highest BCUT2D eigenvalue weighted by Crippen LogP contribution is 2.18. The number of aliphatic hydroxyl groups is 1. The van der Waals surface area contributed by atoms with Crippen LogP contribution in [0.25, 0.3) is 0 Å².